The maximum atomic E-state index is 14.9. The molecule has 2 atom stereocenters. The average molecular weight is 648 g/mol. The van der Waals surface area contributed by atoms with Crippen molar-refractivity contribution in [1.29, 1.82) is 0 Å². The summed E-state index contributed by atoms with van der Waals surface area (Å²) in [6.07, 6.45) is 0.887. The molecule has 0 aromatic heterocycles. The number of anilines is 1. The molecule has 0 aliphatic heterocycles. The Labute approximate surface area is 250 Å². The summed E-state index contributed by atoms with van der Waals surface area (Å²) in [6.45, 7) is 3.15. The molecule has 0 aliphatic rings. The summed E-state index contributed by atoms with van der Waals surface area (Å²) >= 11 is 3.41. The van der Waals surface area contributed by atoms with Crippen LogP contribution in [0.1, 0.15) is 31.4 Å². The van der Waals surface area contributed by atoms with Gasteiger partial charge in [-0.1, -0.05) is 77.5 Å². The zero-order chi connectivity index (χ0) is 30.2. The third-order valence-corrected chi connectivity index (χ3v) is 9.01. The van der Waals surface area contributed by atoms with Crippen molar-refractivity contribution in [2.45, 2.75) is 45.3 Å². The second-order valence-electron chi connectivity index (χ2n) is 9.92. The monoisotopic (exact) mass is 646 g/mol. The second-order valence-corrected chi connectivity index (χ2v) is 12.9. The lowest BCUT2D eigenvalue weighted by Crippen LogP contribution is -2.55. The Morgan fingerprint density at radius 1 is 0.927 bits per heavy atom. The van der Waals surface area contributed by atoms with Gasteiger partial charge in [-0.15, -0.1) is 0 Å². The lowest BCUT2D eigenvalue weighted by Gasteiger charge is -2.35. The van der Waals surface area contributed by atoms with Crippen LogP contribution < -0.4 is 9.62 Å². The SMILES string of the molecule is CC[C@@H](C)NC(=O)[C@H](Cc1ccccc1)N(Cc1ccc(Br)cc1)C(=O)CN(c1ccccc1F)S(=O)(=O)N(C)C. The van der Waals surface area contributed by atoms with E-state index in [1.807, 2.05) is 68.4 Å². The largest absolute Gasteiger partial charge is 0.352 e. The van der Waals surface area contributed by atoms with E-state index in [9.17, 15) is 22.4 Å². The van der Waals surface area contributed by atoms with E-state index >= 15 is 0 Å². The van der Waals surface area contributed by atoms with Gasteiger partial charge in [-0.2, -0.15) is 12.7 Å². The predicted molar refractivity (Wildman–Crippen MR) is 163 cm³/mol. The van der Waals surface area contributed by atoms with Crippen LogP contribution in [0.4, 0.5) is 10.1 Å². The minimum atomic E-state index is -4.28. The van der Waals surface area contributed by atoms with E-state index in [0.717, 1.165) is 30.3 Å². The highest BCUT2D eigenvalue weighted by molar-refractivity contribution is 9.10. The number of nitrogens with zero attached hydrogens (tertiary/aromatic N) is 3. The number of hydrogen-bond donors (Lipinski definition) is 1. The quantitative estimate of drug-likeness (QED) is 0.290. The van der Waals surface area contributed by atoms with Gasteiger partial charge in [0.15, 0.2) is 0 Å². The van der Waals surface area contributed by atoms with Gasteiger partial charge in [-0.05, 0) is 48.7 Å². The molecular weight excluding hydrogens is 611 g/mol. The predicted octanol–water partition coefficient (Wildman–Crippen LogP) is 4.76. The number of benzene rings is 3. The summed E-state index contributed by atoms with van der Waals surface area (Å²) in [6, 6.07) is 20.9. The first-order chi connectivity index (χ1) is 19.4. The Balaban J connectivity index is 2.10. The zero-order valence-electron chi connectivity index (χ0n) is 23.6. The molecule has 0 saturated carbocycles. The molecule has 11 heteroatoms. The van der Waals surface area contributed by atoms with Crippen LogP contribution in [0.3, 0.4) is 0 Å². The number of carbonyl (C=O) groups excluding carboxylic acids is 2. The molecular formula is C30H36BrFN4O4S. The smallest absolute Gasteiger partial charge is 0.304 e. The number of amides is 2. The number of nitrogens with one attached hydrogen (secondary N) is 1. The average Bonchev–Trinajstić information content (AvgIpc) is 2.95. The van der Waals surface area contributed by atoms with E-state index in [2.05, 4.69) is 21.2 Å². The fourth-order valence-electron chi connectivity index (χ4n) is 4.14. The van der Waals surface area contributed by atoms with E-state index in [1.165, 1.54) is 37.2 Å². The van der Waals surface area contributed by atoms with E-state index in [-0.39, 0.29) is 30.6 Å². The Hall–Kier alpha value is -3.28. The molecule has 0 radical (unpaired) electrons. The first kappa shape index (κ1) is 32.2. The van der Waals surface area contributed by atoms with Gasteiger partial charge >= 0.3 is 10.2 Å². The Kier molecular flexibility index (Phi) is 11.5. The zero-order valence-corrected chi connectivity index (χ0v) is 26.0. The number of halogens is 2. The molecule has 0 spiro atoms. The molecule has 8 nitrogen and oxygen atoms in total. The summed E-state index contributed by atoms with van der Waals surface area (Å²) in [5.41, 5.74) is 1.31. The van der Waals surface area contributed by atoms with Gasteiger partial charge in [0.25, 0.3) is 0 Å². The minimum Gasteiger partial charge on any atom is -0.352 e. The molecule has 3 aromatic rings. The van der Waals surface area contributed by atoms with Gasteiger partial charge in [0.05, 0.1) is 5.69 Å². The first-order valence-corrected chi connectivity index (χ1v) is 15.5. The summed E-state index contributed by atoms with van der Waals surface area (Å²) < 4.78 is 44.1. The molecule has 0 aliphatic carbocycles. The van der Waals surface area contributed by atoms with Crippen LogP contribution in [0.15, 0.2) is 83.3 Å². The van der Waals surface area contributed by atoms with E-state index < -0.39 is 34.5 Å². The molecule has 3 rings (SSSR count). The fourth-order valence-corrected chi connectivity index (χ4v) is 5.47. The Morgan fingerprint density at radius 2 is 1.54 bits per heavy atom. The highest BCUT2D eigenvalue weighted by Crippen LogP contribution is 2.24. The van der Waals surface area contributed by atoms with Crippen LogP contribution in [0.5, 0.6) is 0 Å². The van der Waals surface area contributed by atoms with Gasteiger partial charge in [0.1, 0.15) is 18.4 Å². The molecule has 2 amide bonds. The summed E-state index contributed by atoms with van der Waals surface area (Å²) in [4.78, 5) is 29.3. The van der Waals surface area contributed by atoms with Crippen molar-refractivity contribution in [1.82, 2.24) is 14.5 Å². The summed E-state index contributed by atoms with van der Waals surface area (Å²) in [7, 11) is -1.66. The molecule has 0 heterocycles. The van der Waals surface area contributed by atoms with E-state index in [1.54, 1.807) is 0 Å². The van der Waals surface area contributed by atoms with Crippen molar-refractivity contribution in [3.63, 3.8) is 0 Å². The number of rotatable bonds is 13. The van der Waals surface area contributed by atoms with Crippen LogP contribution >= 0.6 is 15.9 Å². The van der Waals surface area contributed by atoms with Crippen molar-refractivity contribution in [3.8, 4) is 0 Å². The van der Waals surface area contributed by atoms with E-state index in [0.29, 0.717) is 6.42 Å². The van der Waals surface area contributed by atoms with Gasteiger partial charge in [0.2, 0.25) is 11.8 Å². The van der Waals surface area contributed by atoms with Gasteiger partial charge in [0, 0.05) is 37.6 Å². The van der Waals surface area contributed by atoms with Gasteiger partial charge in [-0.25, -0.2) is 8.70 Å². The van der Waals surface area contributed by atoms with Crippen LogP contribution in [-0.2, 0) is 32.8 Å². The molecule has 41 heavy (non-hydrogen) atoms. The highest BCUT2D eigenvalue weighted by Gasteiger charge is 2.35. The second kappa shape index (κ2) is 14.6. The molecule has 1 N–H and O–H groups in total. The number of para-hydroxylation sites is 1. The lowest BCUT2D eigenvalue weighted by atomic mass is 10.0. The van der Waals surface area contributed by atoms with Crippen LogP contribution in [-0.4, -0.2) is 62.2 Å². The molecule has 0 fully saturated rings. The Morgan fingerprint density at radius 3 is 2.12 bits per heavy atom. The van der Waals surface area contributed by atoms with Crippen LogP contribution in [0.25, 0.3) is 0 Å². The van der Waals surface area contributed by atoms with Crippen molar-refractivity contribution in [2.75, 3.05) is 24.9 Å². The Bertz CT molecular complexity index is 1420. The topological polar surface area (TPSA) is 90.0 Å². The molecule has 0 saturated heterocycles. The maximum absolute atomic E-state index is 14.9. The summed E-state index contributed by atoms with van der Waals surface area (Å²) in [5.74, 6) is -1.80. The molecule has 220 valence electrons. The van der Waals surface area contributed by atoms with E-state index in [4.69, 9.17) is 0 Å². The van der Waals surface area contributed by atoms with Crippen molar-refractivity contribution < 1.29 is 22.4 Å². The van der Waals surface area contributed by atoms with Crippen molar-refractivity contribution >= 4 is 43.6 Å². The summed E-state index contributed by atoms with van der Waals surface area (Å²) in [5, 5.41) is 2.98. The molecule has 0 unspecified atom stereocenters. The lowest BCUT2D eigenvalue weighted by molar-refractivity contribution is -0.140. The molecule has 0 bridgehead atoms. The van der Waals surface area contributed by atoms with Crippen molar-refractivity contribution in [3.05, 3.63) is 100 Å². The third kappa shape index (κ3) is 8.61. The highest BCUT2D eigenvalue weighted by atomic mass is 79.9. The first-order valence-electron chi connectivity index (χ1n) is 13.3. The standard InChI is InChI=1S/C30H36BrFN4O4S/c1-5-22(2)33-30(38)28(19-23-11-7-6-8-12-23)35(20-24-15-17-25(31)18-16-24)29(37)21-36(41(39,40)34(3)4)27-14-10-9-13-26(27)32/h6-18,22,28H,5,19-21H2,1-4H3,(H,33,38)/t22-,28+/m1/s1. The van der Waals surface area contributed by atoms with Crippen LogP contribution in [0.2, 0.25) is 0 Å². The van der Waals surface area contributed by atoms with Gasteiger partial charge in [-0.3, -0.25) is 9.59 Å². The fraction of sp³-hybridized carbons (Fsp3) is 0.333. The maximum Gasteiger partial charge on any atom is 0.304 e. The normalized spacial score (nSPS) is 13.0. The number of hydrogen-bond acceptors (Lipinski definition) is 4. The van der Waals surface area contributed by atoms with Gasteiger partial charge < -0.3 is 10.2 Å². The van der Waals surface area contributed by atoms with Crippen molar-refractivity contribution in [2.24, 2.45) is 0 Å². The minimum absolute atomic E-state index is 0.0324. The van der Waals surface area contributed by atoms with Crippen LogP contribution in [0, 0.1) is 5.82 Å². The number of carbonyl (C=O) groups is 2. The molecule has 3 aromatic carbocycles. The third-order valence-electron chi connectivity index (χ3n) is 6.68.